The number of thiazole rings is 2. The van der Waals surface area contributed by atoms with Crippen molar-refractivity contribution < 1.29 is 9.53 Å². The number of methoxy groups -OCH3 is 1. The van der Waals surface area contributed by atoms with Crippen molar-refractivity contribution in [2.45, 2.75) is 5.92 Å². The molecule has 2 aromatic heterocycles. The first kappa shape index (κ1) is 23.1. The summed E-state index contributed by atoms with van der Waals surface area (Å²) in [6, 6.07) is 27.1. The second kappa shape index (κ2) is 9.31. The number of benzene rings is 3. The molecule has 1 unspecified atom stereocenters. The first-order valence-electron chi connectivity index (χ1n) is 11.6. The molecule has 8 heteroatoms. The lowest BCUT2D eigenvalue weighted by molar-refractivity contribution is -0.134. The van der Waals surface area contributed by atoms with Crippen molar-refractivity contribution in [1.82, 2.24) is 9.55 Å². The molecule has 6 nitrogen and oxygen atoms in total. The number of aromatic nitrogens is 2. The molecule has 3 heterocycles. The summed E-state index contributed by atoms with van der Waals surface area (Å²) in [6.07, 6.45) is 1.81. The minimum Gasteiger partial charge on any atom is -0.466 e. The van der Waals surface area contributed by atoms with E-state index in [9.17, 15) is 9.59 Å². The Kier molecular flexibility index (Phi) is 5.82. The van der Waals surface area contributed by atoms with Crippen LogP contribution in [0.1, 0.15) is 22.1 Å². The smallest absolute Gasteiger partial charge is 0.337 e. The molecule has 0 fully saturated rings. The van der Waals surface area contributed by atoms with Crippen LogP contribution in [0.2, 0.25) is 0 Å². The normalized spacial score (nSPS) is 15.8. The highest BCUT2D eigenvalue weighted by atomic mass is 32.1. The third-order valence-corrected chi connectivity index (χ3v) is 8.49. The van der Waals surface area contributed by atoms with Gasteiger partial charge in [-0.1, -0.05) is 72.8 Å². The molecule has 1 atom stereocenters. The highest BCUT2D eigenvalue weighted by Gasteiger charge is 2.37. The standard InChI is InChI=1S/C29H21N3O3S2/c1-35-29(34)24-22(18-12-6-3-7-13-18)23(26-31-19-14-8-9-15-20(19)36-26)25(30)32-27(33)21(37-28(24)32)16-17-10-4-2-5-11-17/h2-16,22H,30H2,1H3. The topological polar surface area (TPSA) is 87.2 Å². The van der Waals surface area contributed by atoms with E-state index in [1.54, 1.807) is 0 Å². The van der Waals surface area contributed by atoms with Crippen molar-refractivity contribution in [2.24, 2.45) is 5.73 Å². The Morgan fingerprint density at radius 3 is 2.35 bits per heavy atom. The molecule has 1 aliphatic rings. The lowest BCUT2D eigenvalue weighted by Crippen LogP contribution is -2.39. The Labute approximate surface area is 219 Å². The lowest BCUT2D eigenvalue weighted by Gasteiger charge is -2.27. The van der Waals surface area contributed by atoms with Crippen molar-refractivity contribution in [3.8, 4) is 0 Å². The van der Waals surface area contributed by atoms with E-state index in [1.165, 1.54) is 34.4 Å². The fourth-order valence-electron chi connectivity index (χ4n) is 4.63. The molecule has 3 aromatic carbocycles. The Morgan fingerprint density at radius 2 is 1.65 bits per heavy atom. The van der Waals surface area contributed by atoms with Crippen LogP contribution in [0.4, 0.5) is 0 Å². The monoisotopic (exact) mass is 523 g/mol. The summed E-state index contributed by atoms with van der Waals surface area (Å²) in [5, 5.41) is 0.659. The molecule has 0 bridgehead atoms. The second-order valence-electron chi connectivity index (χ2n) is 8.50. The number of fused-ring (bicyclic) bond motifs is 2. The highest BCUT2D eigenvalue weighted by Crippen LogP contribution is 2.44. The Hall–Kier alpha value is -4.27. The van der Waals surface area contributed by atoms with Gasteiger partial charge in [0.1, 0.15) is 15.5 Å². The van der Waals surface area contributed by atoms with Gasteiger partial charge in [-0.2, -0.15) is 0 Å². The van der Waals surface area contributed by atoms with Gasteiger partial charge >= 0.3 is 5.97 Å². The van der Waals surface area contributed by atoms with E-state index in [1.807, 2.05) is 91.0 Å². The number of nitrogens with zero attached hydrogens (tertiary/aromatic N) is 2. The van der Waals surface area contributed by atoms with Crippen molar-refractivity contribution in [2.75, 3.05) is 7.11 Å². The minimum absolute atomic E-state index is 0.268. The Morgan fingerprint density at radius 1 is 0.973 bits per heavy atom. The van der Waals surface area contributed by atoms with Crippen LogP contribution >= 0.6 is 22.7 Å². The van der Waals surface area contributed by atoms with Crippen molar-refractivity contribution >= 4 is 61.9 Å². The average molecular weight is 524 g/mol. The molecule has 6 rings (SSSR count). The van der Waals surface area contributed by atoms with Crippen LogP contribution in [0.25, 0.3) is 33.3 Å². The van der Waals surface area contributed by atoms with E-state index in [2.05, 4.69) is 0 Å². The third kappa shape index (κ3) is 3.91. The van der Waals surface area contributed by atoms with E-state index in [0.717, 1.165) is 21.3 Å². The SMILES string of the molecule is COC(=O)C1=c2sc(=Cc3ccccc3)c(=O)n2C(N)=C(c2nc3ccccc3s2)C1c1ccccc1. The van der Waals surface area contributed by atoms with Gasteiger partial charge in [0.2, 0.25) is 0 Å². The van der Waals surface area contributed by atoms with Crippen LogP contribution in [0.3, 0.4) is 0 Å². The van der Waals surface area contributed by atoms with Gasteiger partial charge in [0.15, 0.2) is 0 Å². The maximum absolute atomic E-state index is 13.7. The zero-order valence-electron chi connectivity index (χ0n) is 19.8. The minimum atomic E-state index is -0.558. The number of carbonyl (C=O) groups excluding carboxylic acids is 1. The van der Waals surface area contributed by atoms with Crippen LogP contribution in [-0.2, 0) is 9.53 Å². The molecule has 0 amide bonds. The van der Waals surface area contributed by atoms with Crippen LogP contribution in [0, 0.1) is 0 Å². The van der Waals surface area contributed by atoms with E-state index >= 15 is 0 Å². The molecule has 1 aliphatic heterocycles. The van der Waals surface area contributed by atoms with Crippen molar-refractivity contribution in [1.29, 1.82) is 0 Å². The first-order valence-corrected chi connectivity index (χ1v) is 13.2. The van der Waals surface area contributed by atoms with Crippen LogP contribution in [0.5, 0.6) is 0 Å². The molecule has 2 N–H and O–H groups in total. The van der Waals surface area contributed by atoms with Gasteiger partial charge in [-0.15, -0.1) is 22.7 Å². The number of nitrogens with two attached hydrogens (primary N) is 1. The molecule has 0 aliphatic carbocycles. The maximum Gasteiger partial charge on any atom is 0.337 e. The van der Waals surface area contributed by atoms with Gasteiger partial charge in [0, 0.05) is 5.57 Å². The summed E-state index contributed by atoms with van der Waals surface area (Å²) < 4.78 is 8.64. The number of para-hydroxylation sites is 1. The Balaban J connectivity index is 1.73. The fraction of sp³-hybridized carbons (Fsp3) is 0.0690. The second-order valence-corrected chi connectivity index (χ2v) is 10.6. The number of carbonyl (C=O) groups is 1. The largest absolute Gasteiger partial charge is 0.466 e. The molecular formula is C29H21N3O3S2. The first-order chi connectivity index (χ1) is 18.1. The number of rotatable bonds is 4. The summed E-state index contributed by atoms with van der Waals surface area (Å²) in [5.74, 6) is -0.803. The van der Waals surface area contributed by atoms with E-state index in [4.69, 9.17) is 15.5 Å². The molecule has 0 radical (unpaired) electrons. The molecule has 0 spiro atoms. The van der Waals surface area contributed by atoms with Gasteiger partial charge in [-0.3, -0.25) is 9.36 Å². The maximum atomic E-state index is 13.7. The summed E-state index contributed by atoms with van der Waals surface area (Å²) >= 11 is 2.72. The number of allylic oxidation sites excluding steroid dienone is 1. The number of esters is 1. The average Bonchev–Trinajstić information content (AvgIpc) is 3.50. The van der Waals surface area contributed by atoms with Gasteiger partial charge in [0.25, 0.3) is 5.56 Å². The van der Waals surface area contributed by atoms with E-state index in [-0.39, 0.29) is 11.4 Å². The summed E-state index contributed by atoms with van der Waals surface area (Å²) in [7, 11) is 1.35. The van der Waals surface area contributed by atoms with Crippen molar-refractivity contribution in [3.63, 3.8) is 0 Å². The predicted molar refractivity (Wildman–Crippen MR) is 149 cm³/mol. The summed E-state index contributed by atoms with van der Waals surface area (Å²) in [5.41, 5.74) is 10.1. The highest BCUT2D eigenvalue weighted by molar-refractivity contribution is 7.19. The zero-order chi connectivity index (χ0) is 25.5. The molecule has 0 saturated heterocycles. The number of hydrogen-bond acceptors (Lipinski definition) is 7. The van der Waals surface area contributed by atoms with E-state index < -0.39 is 11.9 Å². The Bertz CT molecular complexity index is 1830. The quantitative estimate of drug-likeness (QED) is 0.363. The van der Waals surface area contributed by atoms with Gasteiger partial charge in [0.05, 0.1) is 33.3 Å². The van der Waals surface area contributed by atoms with Gasteiger partial charge in [-0.25, -0.2) is 9.78 Å². The molecule has 5 aromatic rings. The molecular weight excluding hydrogens is 502 g/mol. The summed E-state index contributed by atoms with van der Waals surface area (Å²) in [6.45, 7) is 0. The molecule has 182 valence electrons. The van der Waals surface area contributed by atoms with Gasteiger partial charge in [-0.05, 0) is 29.3 Å². The molecule has 37 heavy (non-hydrogen) atoms. The van der Waals surface area contributed by atoms with Gasteiger partial charge < -0.3 is 10.5 Å². The van der Waals surface area contributed by atoms with Crippen LogP contribution < -0.4 is 20.5 Å². The van der Waals surface area contributed by atoms with Crippen LogP contribution in [-0.4, -0.2) is 22.6 Å². The number of ether oxygens (including phenoxy) is 1. The molecule has 0 saturated carbocycles. The van der Waals surface area contributed by atoms with E-state index in [0.29, 0.717) is 25.3 Å². The predicted octanol–water partition coefficient (Wildman–Crippen LogP) is 3.75. The van der Waals surface area contributed by atoms with Crippen molar-refractivity contribution in [3.05, 3.63) is 121 Å². The summed E-state index contributed by atoms with van der Waals surface area (Å²) in [4.78, 5) is 32.0. The fourth-order valence-corrected chi connectivity index (χ4v) is 6.85. The number of hydrogen-bond donors (Lipinski definition) is 1. The van der Waals surface area contributed by atoms with Crippen LogP contribution in [0.15, 0.2) is 89.7 Å². The third-order valence-electron chi connectivity index (χ3n) is 6.31. The zero-order valence-corrected chi connectivity index (χ0v) is 21.4. The lowest BCUT2D eigenvalue weighted by atomic mass is 9.83.